The first-order valence-electron chi connectivity index (χ1n) is 8.82. The van der Waals surface area contributed by atoms with Gasteiger partial charge in [0.15, 0.2) is 0 Å². The maximum atomic E-state index is 7.23. The van der Waals surface area contributed by atoms with Crippen LogP contribution in [0.2, 0.25) is 0 Å². The first-order chi connectivity index (χ1) is 12.7. The first kappa shape index (κ1) is 20.4. The number of rotatable bonds is 9. The van der Waals surface area contributed by atoms with Crippen molar-refractivity contribution < 1.29 is 0 Å². The van der Waals surface area contributed by atoms with Crippen molar-refractivity contribution in [2.75, 3.05) is 37.7 Å². The molecule has 4 nitrogen and oxygen atoms in total. The Bertz CT molecular complexity index is 760. The van der Waals surface area contributed by atoms with Crippen molar-refractivity contribution in [2.45, 2.75) is 6.42 Å². The Kier molecular flexibility index (Phi) is 7.60. The molecule has 2 aromatic rings. The molecule has 0 spiro atoms. The summed E-state index contributed by atoms with van der Waals surface area (Å²) in [6.07, 6.45) is 0.827. The molecule has 1 aliphatic heterocycles. The Morgan fingerprint density at radius 2 is 1.73 bits per heavy atom. The molecule has 1 heterocycles. The second-order valence-corrected chi connectivity index (χ2v) is 27.0. The van der Waals surface area contributed by atoms with Gasteiger partial charge >= 0.3 is 170 Å². The minimum atomic E-state index is -2.89. The number of nitrogens with zero attached hydrogens (tertiary/aromatic N) is 2. The molecule has 1 aliphatic rings. The Labute approximate surface area is 168 Å². The summed E-state index contributed by atoms with van der Waals surface area (Å²) in [5, 5.41) is 2.56. The zero-order valence-electron chi connectivity index (χ0n) is 14.7. The quantitative estimate of drug-likeness (QED) is 0.553. The van der Waals surface area contributed by atoms with Gasteiger partial charge in [0.05, 0.1) is 0 Å². The zero-order chi connectivity index (χ0) is 18.4. The van der Waals surface area contributed by atoms with Crippen LogP contribution in [0, 0.1) is 0 Å². The topological polar surface area (TPSA) is 67.6 Å². The minimum absolute atomic E-state index is 0.650. The summed E-state index contributed by atoms with van der Waals surface area (Å²) >= 11 is 0. The Morgan fingerprint density at radius 1 is 1.04 bits per heavy atom. The molecule has 0 fully saturated rings. The molecule has 0 amide bonds. The van der Waals surface area contributed by atoms with E-state index in [0.717, 1.165) is 36.9 Å². The van der Waals surface area contributed by atoms with Crippen LogP contribution in [0.4, 0.5) is 0 Å². The zero-order valence-corrected chi connectivity index (χ0v) is 19.2. The van der Waals surface area contributed by atoms with Gasteiger partial charge in [0.1, 0.15) is 0 Å². The van der Waals surface area contributed by atoms with E-state index in [4.69, 9.17) is 26.5 Å². The van der Waals surface area contributed by atoms with Crippen LogP contribution in [0.3, 0.4) is 0 Å². The van der Waals surface area contributed by atoms with Gasteiger partial charge in [-0.05, 0) is 0 Å². The molecule has 4 N–H and O–H groups in total. The van der Waals surface area contributed by atoms with Gasteiger partial charge in [-0.1, -0.05) is 0 Å². The van der Waals surface area contributed by atoms with Gasteiger partial charge in [0.2, 0.25) is 0 Å². The molecule has 3 rings (SSSR count). The van der Waals surface area contributed by atoms with E-state index in [-0.39, 0.29) is 0 Å². The van der Waals surface area contributed by atoms with Gasteiger partial charge in [-0.15, -0.1) is 0 Å². The predicted molar refractivity (Wildman–Crippen MR) is 121 cm³/mol. The molecule has 26 heavy (non-hydrogen) atoms. The Hall–Kier alpha value is -0.377. The average molecular weight is 470 g/mol. The fourth-order valence-corrected chi connectivity index (χ4v) is 22.4. The van der Waals surface area contributed by atoms with E-state index < -0.39 is 10.3 Å². The van der Waals surface area contributed by atoms with Crippen molar-refractivity contribution in [1.29, 1.82) is 0 Å². The average Bonchev–Trinajstić information content (AvgIpc) is 3.14. The number of hydrogen-bond donors (Lipinski definition) is 2. The third-order valence-electron chi connectivity index (χ3n) is 4.28. The van der Waals surface area contributed by atoms with Gasteiger partial charge in [-0.3, -0.25) is 0 Å². The van der Waals surface area contributed by atoms with Crippen molar-refractivity contribution >= 4 is 57.1 Å². The molecule has 2 aromatic carbocycles. The van der Waals surface area contributed by atoms with Crippen LogP contribution >= 0.6 is 30.2 Å². The fraction of sp³-hybridized carbons (Fsp3) is 0.389. The molecule has 0 unspecified atom stereocenters. The van der Waals surface area contributed by atoms with Crippen LogP contribution < -0.4 is 11.5 Å². The summed E-state index contributed by atoms with van der Waals surface area (Å²) in [7, 11) is 8.06. The molecule has 0 saturated heterocycles. The molecular formula is C18H25ClGeN4S2. The van der Waals surface area contributed by atoms with Gasteiger partial charge in [-0.25, -0.2) is 0 Å². The van der Waals surface area contributed by atoms with Crippen LogP contribution in [0.1, 0.15) is 5.56 Å². The third kappa shape index (κ3) is 4.72. The second kappa shape index (κ2) is 9.71. The predicted octanol–water partition coefficient (Wildman–Crippen LogP) is 3.15. The summed E-state index contributed by atoms with van der Waals surface area (Å²) in [6.45, 7) is 3.04. The van der Waals surface area contributed by atoms with Crippen molar-refractivity contribution in [2.24, 2.45) is 16.5 Å². The van der Waals surface area contributed by atoms with Gasteiger partial charge < -0.3 is 0 Å². The number of halogens is 1. The van der Waals surface area contributed by atoms with E-state index in [1.165, 1.54) is 16.3 Å². The number of aliphatic imine (C=N–C) groups is 1. The normalized spacial score (nSPS) is 14.9. The Balaban J connectivity index is 1.84. The number of nitrogens with two attached hydrogens (primary N) is 2. The summed E-state index contributed by atoms with van der Waals surface area (Å²) in [5.74, 6) is 2.91. The fourth-order valence-electron chi connectivity index (χ4n) is 3.12. The van der Waals surface area contributed by atoms with Crippen LogP contribution in [0.25, 0.3) is 10.8 Å². The summed E-state index contributed by atoms with van der Waals surface area (Å²) in [6, 6.07) is 15.0. The summed E-state index contributed by atoms with van der Waals surface area (Å²) < 4.78 is 2.42. The van der Waals surface area contributed by atoms with Gasteiger partial charge in [0, 0.05) is 0 Å². The number of fused-ring (bicyclic) bond motifs is 1. The van der Waals surface area contributed by atoms with E-state index in [0.29, 0.717) is 13.1 Å². The molecular weight excluding hydrogens is 444 g/mol. The van der Waals surface area contributed by atoms with Crippen molar-refractivity contribution in [1.82, 2.24) is 3.86 Å². The molecule has 140 valence electrons. The van der Waals surface area contributed by atoms with Crippen molar-refractivity contribution in [3.63, 3.8) is 0 Å². The second-order valence-electron chi connectivity index (χ2n) is 6.04. The molecule has 0 aliphatic carbocycles. The molecule has 0 aromatic heterocycles. The number of hydrogen-bond acceptors (Lipinski definition) is 6. The summed E-state index contributed by atoms with van der Waals surface area (Å²) in [4.78, 5) is 4.82. The van der Waals surface area contributed by atoms with Crippen molar-refractivity contribution in [3.8, 4) is 0 Å². The summed E-state index contributed by atoms with van der Waals surface area (Å²) in [5.41, 5.74) is 12.8. The van der Waals surface area contributed by atoms with E-state index in [1.807, 2.05) is 20.2 Å². The maximum absolute atomic E-state index is 7.23. The molecule has 0 saturated carbocycles. The van der Waals surface area contributed by atoms with Crippen LogP contribution in [0.15, 0.2) is 47.5 Å². The van der Waals surface area contributed by atoms with Crippen LogP contribution in [0.5, 0.6) is 0 Å². The Morgan fingerprint density at radius 3 is 2.46 bits per heavy atom. The monoisotopic (exact) mass is 470 g/mol. The SMILES string of the molecule is NCC[S][Ge]([Cl])([S]CCN)[N]1CCN=C1Cc1cccc2ccccc12. The molecule has 0 bridgehead atoms. The molecule has 0 atom stereocenters. The standard InChI is InChI=1S/C18H25ClGeN4S2/c19-20(25-12-8-21,26-13-9-22)24-11-10-23-18(24)14-16-6-3-5-15-4-1-2-7-17(15)16/h1-7H,8-14,21-22H2. The third-order valence-corrected chi connectivity index (χ3v) is 25.7. The van der Waals surface area contributed by atoms with Crippen LogP contribution in [-0.4, -0.2) is 57.7 Å². The number of benzene rings is 2. The van der Waals surface area contributed by atoms with Crippen LogP contribution in [-0.2, 0) is 6.42 Å². The van der Waals surface area contributed by atoms with E-state index in [9.17, 15) is 0 Å². The van der Waals surface area contributed by atoms with E-state index >= 15 is 0 Å². The van der Waals surface area contributed by atoms with Crippen molar-refractivity contribution in [3.05, 3.63) is 48.0 Å². The van der Waals surface area contributed by atoms with Gasteiger partial charge in [-0.2, -0.15) is 0 Å². The first-order valence-corrected chi connectivity index (χ1v) is 19.6. The molecule has 8 heteroatoms. The van der Waals surface area contributed by atoms with Gasteiger partial charge in [0.25, 0.3) is 0 Å². The van der Waals surface area contributed by atoms with E-state index in [1.54, 1.807) is 0 Å². The number of amidine groups is 1. The van der Waals surface area contributed by atoms with E-state index in [2.05, 4.69) is 46.3 Å². The molecule has 0 radical (unpaired) electrons.